The summed E-state index contributed by atoms with van der Waals surface area (Å²) in [4.78, 5) is 23.6. The van der Waals surface area contributed by atoms with Crippen molar-refractivity contribution in [3.8, 4) is 0 Å². The summed E-state index contributed by atoms with van der Waals surface area (Å²) in [7, 11) is 1.75. The van der Waals surface area contributed by atoms with E-state index in [1.165, 1.54) is 6.92 Å². The molecule has 1 aromatic rings. The number of amides is 1. The number of aryl methyl sites for hydroxylation is 1. The fourth-order valence-electron chi connectivity index (χ4n) is 1.74. The molecule has 0 fully saturated rings. The standard InChI is InChI=1S/C14H23N3O2.ClH/c1-9(2)14(4,8-15)16-13(19)12-6-11(10(3)18)7-17(12)5;/h6-7,9H,8,15H2,1-5H3,(H,16,19);1H. The van der Waals surface area contributed by atoms with Crippen molar-refractivity contribution >= 4 is 24.1 Å². The van der Waals surface area contributed by atoms with Crippen LogP contribution in [0.5, 0.6) is 0 Å². The van der Waals surface area contributed by atoms with E-state index in [-0.39, 0.29) is 30.0 Å². The molecule has 114 valence electrons. The number of Topliss-reactive ketones (excluding diaryl/α,β-unsaturated/α-hetero) is 1. The lowest BCUT2D eigenvalue weighted by Crippen LogP contribution is -2.55. The van der Waals surface area contributed by atoms with Crippen LogP contribution in [0.1, 0.15) is 48.5 Å². The molecule has 0 radical (unpaired) electrons. The fraction of sp³-hybridized carbons (Fsp3) is 0.571. The number of ketones is 1. The summed E-state index contributed by atoms with van der Waals surface area (Å²) in [5.41, 5.74) is 6.29. The Morgan fingerprint density at radius 2 is 2.00 bits per heavy atom. The Kier molecular flexibility index (Phi) is 6.44. The molecule has 5 nitrogen and oxygen atoms in total. The topological polar surface area (TPSA) is 77.1 Å². The monoisotopic (exact) mass is 301 g/mol. The van der Waals surface area contributed by atoms with E-state index in [1.54, 1.807) is 23.9 Å². The molecule has 1 amide bonds. The molecule has 0 aromatic carbocycles. The fourth-order valence-corrected chi connectivity index (χ4v) is 1.74. The van der Waals surface area contributed by atoms with Crippen LogP contribution < -0.4 is 11.1 Å². The number of hydrogen-bond donors (Lipinski definition) is 2. The molecule has 0 bridgehead atoms. The Bertz CT molecular complexity index is 497. The number of nitrogens with two attached hydrogens (primary N) is 1. The summed E-state index contributed by atoms with van der Waals surface area (Å²) in [5.74, 6) is -0.0502. The predicted molar refractivity (Wildman–Crippen MR) is 82.4 cm³/mol. The lowest BCUT2D eigenvalue weighted by Gasteiger charge is -2.33. The molecule has 0 aliphatic rings. The molecule has 20 heavy (non-hydrogen) atoms. The van der Waals surface area contributed by atoms with Gasteiger partial charge in [0.05, 0.1) is 5.54 Å². The van der Waals surface area contributed by atoms with Crippen molar-refractivity contribution in [3.63, 3.8) is 0 Å². The van der Waals surface area contributed by atoms with Gasteiger partial charge in [0.2, 0.25) is 0 Å². The molecule has 6 heteroatoms. The molecule has 1 aromatic heterocycles. The van der Waals surface area contributed by atoms with Crippen molar-refractivity contribution in [2.45, 2.75) is 33.2 Å². The van der Waals surface area contributed by atoms with Crippen LogP contribution in [-0.4, -0.2) is 28.3 Å². The van der Waals surface area contributed by atoms with E-state index in [0.29, 0.717) is 17.8 Å². The van der Waals surface area contributed by atoms with Crippen molar-refractivity contribution in [1.82, 2.24) is 9.88 Å². The molecule has 1 unspecified atom stereocenters. The SMILES string of the molecule is CC(=O)c1cc(C(=O)NC(C)(CN)C(C)C)n(C)c1.Cl. The number of rotatable bonds is 5. The highest BCUT2D eigenvalue weighted by Gasteiger charge is 2.29. The number of nitrogens with one attached hydrogen (secondary N) is 1. The van der Waals surface area contributed by atoms with Crippen LogP contribution in [0.2, 0.25) is 0 Å². The molecule has 1 rings (SSSR count). The lowest BCUT2D eigenvalue weighted by molar-refractivity contribution is 0.0874. The Morgan fingerprint density at radius 1 is 1.45 bits per heavy atom. The summed E-state index contributed by atoms with van der Waals surface area (Å²) in [6.07, 6.45) is 1.66. The zero-order valence-corrected chi connectivity index (χ0v) is 13.5. The maximum Gasteiger partial charge on any atom is 0.268 e. The van der Waals surface area contributed by atoms with Gasteiger partial charge in [-0.2, -0.15) is 0 Å². The Balaban J connectivity index is 0.00000361. The van der Waals surface area contributed by atoms with Gasteiger partial charge in [0, 0.05) is 25.4 Å². The van der Waals surface area contributed by atoms with Gasteiger partial charge in [-0.1, -0.05) is 13.8 Å². The molecule has 0 aliphatic heterocycles. The molecule has 0 spiro atoms. The first kappa shape index (κ1) is 18.7. The van der Waals surface area contributed by atoms with Gasteiger partial charge in [0.1, 0.15) is 5.69 Å². The highest BCUT2D eigenvalue weighted by molar-refractivity contribution is 5.99. The number of carbonyl (C=O) groups is 2. The average Bonchev–Trinajstić information content (AvgIpc) is 2.71. The molecular formula is C14H24ClN3O2. The lowest BCUT2D eigenvalue weighted by atomic mass is 9.88. The largest absolute Gasteiger partial charge is 0.346 e. The first-order valence-electron chi connectivity index (χ1n) is 6.41. The number of carbonyl (C=O) groups excluding carboxylic acids is 2. The van der Waals surface area contributed by atoms with Crippen molar-refractivity contribution in [2.75, 3.05) is 6.54 Å². The van der Waals surface area contributed by atoms with Gasteiger partial charge < -0.3 is 15.6 Å². The Morgan fingerprint density at radius 3 is 2.35 bits per heavy atom. The minimum atomic E-state index is -0.461. The van der Waals surface area contributed by atoms with Gasteiger partial charge in [-0.05, 0) is 25.8 Å². The number of hydrogen-bond acceptors (Lipinski definition) is 3. The third-order valence-electron chi connectivity index (χ3n) is 3.74. The van der Waals surface area contributed by atoms with Crippen molar-refractivity contribution < 1.29 is 9.59 Å². The molecule has 1 atom stereocenters. The van der Waals surface area contributed by atoms with E-state index in [2.05, 4.69) is 5.32 Å². The summed E-state index contributed by atoms with van der Waals surface area (Å²) in [6.45, 7) is 7.79. The van der Waals surface area contributed by atoms with E-state index < -0.39 is 5.54 Å². The van der Waals surface area contributed by atoms with Crippen LogP contribution >= 0.6 is 12.4 Å². The molecule has 0 saturated carbocycles. The first-order valence-corrected chi connectivity index (χ1v) is 6.41. The minimum Gasteiger partial charge on any atom is -0.346 e. The quantitative estimate of drug-likeness (QED) is 0.814. The molecule has 0 saturated heterocycles. The first-order chi connectivity index (χ1) is 8.71. The zero-order valence-electron chi connectivity index (χ0n) is 12.7. The Labute approximate surface area is 126 Å². The Hall–Kier alpha value is -1.33. The van der Waals surface area contributed by atoms with E-state index in [0.717, 1.165) is 0 Å². The van der Waals surface area contributed by atoms with Crippen LogP contribution in [0.25, 0.3) is 0 Å². The molecule has 1 heterocycles. The highest BCUT2D eigenvalue weighted by Crippen LogP contribution is 2.16. The number of aromatic nitrogens is 1. The highest BCUT2D eigenvalue weighted by atomic mass is 35.5. The maximum absolute atomic E-state index is 12.3. The number of halogens is 1. The zero-order chi connectivity index (χ0) is 14.8. The molecule has 3 N–H and O–H groups in total. The van der Waals surface area contributed by atoms with Gasteiger partial charge in [-0.25, -0.2) is 0 Å². The van der Waals surface area contributed by atoms with E-state index >= 15 is 0 Å². The maximum atomic E-state index is 12.3. The smallest absolute Gasteiger partial charge is 0.268 e. The summed E-state index contributed by atoms with van der Waals surface area (Å²) in [5, 5.41) is 2.96. The van der Waals surface area contributed by atoms with Crippen LogP contribution in [0.4, 0.5) is 0 Å². The van der Waals surface area contributed by atoms with Crippen LogP contribution in [0.3, 0.4) is 0 Å². The second kappa shape index (κ2) is 6.90. The van der Waals surface area contributed by atoms with Gasteiger partial charge in [0.25, 0.3) is 5.91 Å². The van der Waals surface area contributed by atoms with Crippen molar-refractivity contribution in [1.29, 1.82) is 0 Å². The van der Waals surface area contributed by atoms with Gasteiger partial charge in [-0.15, -0.1) is 12.4 Å². The van der Waals surface area contributed by atoms with Crippen molar-refractivity contribution in [2.24, 2.45) is 18.7 Å². The normalized spacial score (nSPS) is 13.6. The number of nitrogens with zero attached hydrogens (tertiary/aromatic N) is 1. The van der Waals surface area contributed by atoms with Gasteiger partial charge in [-0.3, -0.25) is 9.59 Å². The third-order valence-corrected chi connectivity index (χ3v) is 3.74. The average molecular weight is 302 g/mol. The molecular weight excluding hydrogens is 278 g/mol. The van der Waals surface area contributed by atoms with Crippen LogP contribution in [-0.2, 0) is 7.05 Å². The van der Waals surface area contributed by atoms with Gasteiger partial charge >= 0.3 is 0 Å². The second-order valence-corrected chi connectivity index (χ2v) is 5.51. The summed E-state index contributed by atoms with van der Waals surface area (Å²) in [6, 6.07) is 1.61. The summed E-state index contributed by atoms with van der Waals surface area (Å²) < 4.78 is 1.66. The van der Waals surface area contributed by atoms with Crippen molar-refractivity contribution in [3.05, 3.63) is 23.5 Å². The van der Waals surface area contributed by atoms with Crippen LogP contribution in [0, 0.1) is 5.92 Å². The van der Waals surface area contributed by atoms with E-state index in [9.17, 15) is 9.59 Å². The van der Waals surface area contributed by atoms with Crippen LogP contribution in [0.15, 0.2) is 12.3 Å². The van der Waals surface area contributed by atoms with Gasteiger partial charge in [0.15, 0.2) is 5.78 Å². The predicted octanol–water partition coefficient (Wildman–Crippen LogP) is 1.75. The van der Waals surface area contributed by atoms with E-state index in [1.807, 2.05) is 20.8 Å². The summed E-state index contributed by atoms with van der Waals surface area (Å²) >= 11 is 0. The van der Waals surface area contributed by atoms with E-state index in [4.69, 9.17) is 5.73 Å². The molecule has 0 aliphatic carbocycles. The minimum absolute atomic E-state index is 0. The third kappa shape index (κ3) is 3.84. The second-order valence-electron chi connectivity index (χ2n) is 5.51.